The second kappa shape index (κ2) is 3.79. The second-order valence-corrected chi connectivity index (χ2v) is 3.68. The number of aromatic amines is 1. The van der Waals surface area contributed by atoms with Crippen LogP contribution in [-0.2, 0) is 4.79 Å². The smallest absolute Gasteiger partial charge is 0.233 e. The van der Waals surface area contributed by atoms with Crippen LogP contribution in [0.3, 0.4) is 0 Å². The van der Waals surface area contributed by atoms with Gasteiger partial charge in [0.25, 0.3) is 0 Å². The molecule has 1 rings (SSSR count). The lowest BCUT2D eigenvalue weighted by atomic mass is 9.95. The van der Waals surface area contributed by atoms with E-state index in [-0.39, 0.29) is 11.8 Å². The van der Waals surface area contributed by atoms with Crippen LogP contribution in [0.25, 0.3) is 0 Å². The van der Waals surface area contributed by atoms with Crippen LogP contribution in [0, 0.1) is 5.41 Å². The topological polar surface area (TPSA) is 57.8 Å². The van der Waals surface area contributed by atoms with E-state index in [9.17, 15) is 4.79 Å². The van der Waals surface area contributed by atoms with E-state index in [1.165, 1.54) is 0 Å². The zero-order valence-electron chi connectivity index (χ0n) is 7.60. The fourth-order valence-corrected chi connectivity index (χ4v) is 0.792. The van der Waals surface area contributed by atoms with E-state index in [0.717, 1.165) is 0 Å². The molecule has 1 aromatic heterocycles. The number of rotatable bonds is 3. The molecule has 0 atom stereocenters. The van der Waals surface area contributed by atoms with Crippen LogP contribution in [0.4, 0.5) is 5.95 Å². The Morgan fingerprint density at radius 1 is 1.77 bits per heavy atom. The van der Waals surface area contributed by atoms with Crippen molar-refractivity contribution in [2.75, 3.05) is 11.2 Å². The van der Waals surface area contributed by atoms with Gasteiger partial charge in [0.05, 0.1) is 5.41 Å². The zero-order chi connectivity index (χ0) is 9.90. The summed E-state index contributed by atoms with van der Waals surface area (Å²) in [4.78, 5) is 18.2. The number of nitrogens with one attached hydrogen (secondary N) is 2. The standard InChI is InChI=1S/C8H12ClN3O/c1-8(2,5-9)6(13)12-7-10-3-4-11-7/h3-4H,5H2,1-2H3,(H2,10,11,12,13). The van der Waals surface area contributed by atoms with E-state index in [1.54, 1.807) is 26.2 Å². The average Bonchev–Trinajstić information content (AvgIpc) is 2.57. The first-order chi connectivity index (χ1) is 6.06. The molecule has 2 N–H and O–H groups in total. The molecule has 0 saturated heterocycles. The minimum atomic E-state index is -0.575. The molecule has 1 aromatic rings. The number of anilines is 1. The van der Waals surface area contributed by atoms with Crippen molar-refractivity contribution in [3.8, 4) is 0 Å². The van der Waals surface area contributed by atoms with E-state index in [0.29, 0.717) is 5.95 Å². The number of amides is 1. The van der Waals surface area contributed by atoms with Gasteiger partial charge in [0.1, 0.15) is 0 Å². The molecule has 0 saturated carbocycles. The molecule has 0 bridgehead atoms. The van der Waals surface area contributed by atoms with Crippen molar-refractivity contribution in [3.63, 3.8) is 0 Å². The Hall–Kier alpha value is -1.03. The molecule has 0 spiro atoms. The number of alkyl halides is 1. The summed E-state index contributed by atoms with van der Waals surface area (Å²) in [6.45, 7) is 3.55. The van der Waals surface area contributed by atoms with Crippen molar-refractivity contribution in [3.05, 3.63) is 12.4 Å². The molecule has 0 aliphatic carbocycles. The molecule has 0 aromatic carbocycles. The van der Waals surface area contributed by atoms with Gasteiger partial charge in [-0.25, -0.2) is 4.98 Å². The normalized spacial score (nSPS) is 11.3. The first kappa shape index (κ1) is 10.1. The Labute approximate surface area is 81.7 Å². The van der Waals surface area contributed by atoms with E-state index in [2.05, 4.69) is 15.3 Å². The number of hydrogen-bond donors (Lipinski definition) is 2. The molecule has 0 aliphatic heterocycles. The molecule has 0 fully saturated rings. The van der Waals surface area contributed by atoms with E-state index >= 15 is 0 Å². The maximum atomic E-state index is 11.5. The molecule has 13 heavy (non-hydrogen) atoms. The molecule has 0 radical (unpaired) electrons. The summed E-state index contributed by atoms with van der Waals surface area (Å²) in [6, 6.07) is 0. The minimum Gasteiger partial charge on any atom is -0.331 e. The van der Waals surface area contributed by atoms with Gasteiger partial charge in [-0.15, -0.1) is 11.6 Å². The Morgan fingerprint density at radius 3 is 2.92 bits per heavy atom. The van der Waals surface area contributed by atoms with E-state index in [1.807, 2.05) is 0 Å². The maximum absolute atomic E-state index is 11.5. The van der Waals surface area contributed by atoms with Crippen molar-refractivity contribution in [1.82, 2.24) is 9.97 Å². The van der Waals surface area contributed by atoms with Gasteiger partial charge in [0.2, 0.25) is 11.9 Å². The number of carbonyl (C=O) groups excluding carboxylic acids is 1. The lowest BCUT2D eigenvalue weighted by Gasteiger charge is -2.18. The number of imidazole rings is 1. The molecular weight excluding hydrogens is 190 g/mol. The van der Waals surface area contributed by atoms with Gasteiger partial charge in [0, 0.05) is 18.3 Å². The highest BCUT2D eigenvalue weighted by Crippen LogP contribution is 2.18. The van der Waals surface area contributed by atoms with Gasteiger partial charge in [-0.2, -0.15) is 0 Å². The van der Waals surface area contributed by atoms with Crippen LogP contribution in [0.1, 0.15) is 13.8 Å². The second-order valence-electron chi connectivity index (χ2n) is 3.41. The molecule has 0 aliphatic rings. The van der Waals surface area contributed by atoms with Crippen LogP contribution in [0.5, 0.6) is 0 Å². The predicted molar refractivity (Wildman–Crippen MR) is 51.7 cm³/mol. The number of nitrogens with zero attached hydrogens (tertiary/aromatic N) is 1. The number of hydrogen-bond acceptors (Lipinski definition) is 2. The Bertz CT molecular complexity index is 282. The van der Waals surface area contributed by atoms with Gasteiger partial charge in [-0.3, -0.25) is 10.1 Å². The summed E-state index contributed by atoms with van der Waals surface area (Å²) in [5, 5.41) is 2.62. The van der Waals surface area contributed by atoms with Gasteiger partial charge in [-0.1, -0.05) is 0 Å². The van der Waals surface area contributed by atoms with Crippen molar-refractivity contribution in [2.45, 2.75) is 13.8 Å². The maximum Gasteiger partial charge on any atom is 0.233 e. The summed E-state index contributed by atoms with van der Waals surface area (Å²) in [7, 11) is 0. The summed E-state index contributed by atoms with van der Waals surface area (Å²) < 4.78 is 0. The first-order valence-corrected chi connectivity index (χ1v) is 4.46. The SMILES string of the molecule is CC(C)(CCl)C(=O)Nc1ncc[nH]1. The van der Waals surface area contributed by atoms with Crippen molar-refractivity contribution in [1.29, 1.82) is 0 Å². The Morgan fingerprint density at radius 2 is 2.46 bits per heavy atom. The zero-order valence-corrected chi connectivity index (χ0v) is 8.35. The molecule has 5 heteroatoms. The highest BCUT2D eigenvalue weighted by Gasteiger charge is 2.26. The highest BCUT2D eigenvalue weighted by molar-refractivity contribution is 6.20. The van der Waals surface area contributed by atoms with Crippen molar-refractivity contribution in [2.24, 2.45) is 5.41 Å². The molecule has 72 valence electrons. The highest BCUT2D eigenvalue weighted by atomic mass is 35.5. The fourth-order valence-electron chi connectivity index (χ4n) is 0.671. The first-order valence-electron chi connectivity index (χ1n) is 3.93. The van der Waals surface area contributed by atoms with Crippen LogP contribution in [-0.4, -0.2) is 21.8 Å². The molecule has 4 nitrogen and oxygen atoms in total. The van der Waals surface area contributed by atoms with Crippen LogP contribution < -0.4 is 5.32 Å². The quantitative estimate of drug-likeness (QED) is 0.731. The summed E-state index contributed by atoms with van der Waals surface area (Å²) in [6.07, 6.45) is 3.21. The number of halogens is 1. The third kappa shape index (κ3) is 2.45. The van der Waals surface area contributed by atoms with E-state index < -0.39 is 5.41 Å². The number of carbonyl (C=O) groups is 1. The Kier molecular flexibility index (Phi) is 2.93. The lowest BCUT2D eigenvalue weighted by Crippen LogP contribution is -2.32. The lowest BCUT2D eigenvalue weighted by molar-refractivity contribution is -0.123. The van der Waals surface area contributed by atoms with Gasteiger partial charge < -0.3 is 4.98 Å². The largest absolute Gasteiger partial charge is 0.331 e. The average molecular weight is 202 g/mol. The van der Waals surface area contributed by atoms with Crippen LogP contribution >= 0.6 is 11.6 Å². The third-order valence-corrected chi connectivity index (χ3v) is 2.35. The van der Waals surface area contributed by atoms with E-state index in [4.69, 9.17) is 11.6 Å². The molecule has 1 heterocycles. The fraction of sp³-hybridized carbons (Fsp3) is 0.500. The number of H-pyrrole nitrogens is 1. The van der Waals surface area contributed by atoms with Gasteiger partial charge in [-0.05, 0) is 13.8 Å². The third-order valence-electron chi connectivity index (χ3n) is 1.68. The molecule has 1 amide bonds. The van der Waals surface area contributed by atoms with Crippen LogP contribution in [0.15, 0.2) is 12.4 Å². The van der Waals surface area contributed by atoms with Crippen molar-refractivity contribution < 1.29 is 4.79 Å². The summed E-state index contributed by atoms with van der Waals surface area (Å²) >= 11 is 5.64. The summed E-state index contributed by atoms with van der Waals surface area (Å²) in [5.74, 6) is 0.583. The molecular formula is C8H12ClN3O. The van der Waals surface area contributed by atoms with Gasteiger partial charge >= 0.3 is 0 Å². The number of aromatic nitrogens is 2. The monoisotopic (exact) mass is 201 g/mol. The molecule has 0 unspecified atom stereocenters. The van der Waals surface area contributed by atoms with Gasteiger partial charge in [0.15, 0.2) is 0 Å². The Balaban J connectivity index is 2.61. The van der Waals surface area contributed by atoms with Crippen molar-refractivity contribution >= 4 is 23.5 Å². The van der Waals surface area contributed by atoms with Crippen LogP contribution in [0.2, 0.25) is 0 Å². The predicted octanol–water partition coefficient (Wildman–Crippen LogP) is 1.61. The summed E-state index contributed by atoms with van der Waals surface area (Å²) in [5.41, 5.74) is -0.575. The minimum absolute atomic E-state index is 0.141.